The molecule has 0 radical (unpaired) electrons. The van der Waals surface area contributed by atoms with E-state index >= 15 is 0 Å². The van der Waals surface area contributed by atoms with Gasteiger partial charge in [0.1, 0.15) is 10.7 Å². The molecule has 0 bridgehead atoms. The summed E-state index contributed by atoms with van der Waals surface area (Å²) in [4.78, 5) is 2.74. The van der Waals surface area contributed by atoms with Gasteiger partial charge in [0.2, 0.25) is 0 Å². The third kappa shape index (κ3) is 3.69. The third-order valence-electron chi connectivity index (χ3n) is 3.78. The van der Waals surface area contributed by atoms with E-state index in [1.54, 1.807) is 7.11 Å². The second kappa shape index (κ2) is 7.02. The van der Waals surface area contributed by atoms with Crippen LogP contribution >= 0.6 is 12.2 Å². The Morgan fingerprint density at radius 2 is 2.15 bits per heavy atom. The predicted octanol–water partition coefficient (Wildman–Crippen LogP) is 1.94. The normalized spacial score (nSPS) is 16.4. The molecule has 1 aliphatic rings. The van der Waals surface area contributed by atoms with E-state index in [0.29, 0.717) is 11.0 Å². The van der Waals surface area contributed by atoms with E-state index in [0.717, 1.165) is 43.9 Å². The third-order valence-corrected chi connectivity index (χ3v) is 4.00. The molecule has 0 spiro atoms. The van der Waals surface area contributed by atoms with Crippen LogP contribution in [0.3, 0.4) is 0 Å². The Kier molecular flexibility index (Phi) is 5.34. The summed E-state index contributed by atoms with van der Waals surface area (Å²) in [6.45, 7) is 2.61. The lowest BCUT2D eigenvalue weighted by atomic mass is 10.1. The smallest absolute Gasteiger partial charge is 0.129 e. The number of nitrogens with two attached hydrogens (primary N) is 1. The zero-order chi connectivity index (χ0) is 14.5. The van der Waals surface area contributed by atoms with Crippen molar-refractivity contribution in [1.82, 2.24) is 4.90 Å². The highest BCUT2D eigenvalue weighted by atomic mass is 32.1. The van der Waals surface area contributed by atoms with Crippen molar-refractivity contribution in [2.45, 2.75) is 25.4 Å². The van der Waals surface area contributed by atoms with Crippen molar-refractivity contribution >= 4 is 17.2 Å². The highest BCUT2D eigenvalue weighted by molar-refractivity contribution is 7.80. The van der Waals surface area contributed by atoms with Gasteiger partial charge in [-0.25, -0.2) is 0 Å². The molecule has 1 fully saturated rings. The Labute approximate surface area is 125 Å². The van der Waals surface area contributed by atoms with Gasteiger partial charge in [0.05, 0.1) is 12.7 Å². The fourth-order valence-electron chi connectivity index (χ4n) is 2.58. The summed E-state index contributed by atoms with van der Waals surface area (Å²) >= 11 is 5.02. The number of benzene rings is 1. The molecule has 4 nitrogen and oxygen atoms in total. The van der Waals surface area contributed by atoms with Gasteiger partial charge in [0.25, 0.3) is 0 Å². The first-order valence-corrected chi connectivity index (χ1v) is 7.27. The van der Waals surface area contributed by atoms with Gasteiger partial charge < -0.3 is 15.2 Å². The van der Waals surface area contributed by atoms with Gasteiger partial charge in [-0.05, 0) is 37.6 Å². The SMILES string of the molecule is COc1cc(CN(C)C2CCOCC2)ccc1C(N)=S. The minimum atomic E-state index is 0.367. The quantitative estimate of drug-likeness (QED) is 0.841. The molecule has 0 atom stereocenters. The van der Waals surface area contributed by atoms with Crippen LogP contribution in [0.25, 0.3) is 0 Å². The summed E-state index contributed by atoms with van der Waals surface area (Å²) in [7, 11) is 3.80. The van der Waals surface area contributed by atoms with Crippen LogP contribution in [0.1, 0.15) is 24.0 Å². The van der Waals surface area contributed by atoms with Crippen LogP contribution in [0.15, 0.2) is 18.2 Å². The second-order valence-electron chi connectivity index (χ2n) is 5.16. The fraction of sp³-hybridized carbons (Fsp3) is 0.533. The number of nitrogens with zero attached hydrogens (tertiary/aromatic N) is 1. The van der Waals surface area contributed by atoms with Crippen LogP contribution in [0, 0.1) is 0 Å². The van der Waals surface area contributed by atoms with E-state index in [-0.39, 0.29) is 0 Å². The highest BCUT2D eigenvalue weighted by Gasteiger charge is 2.18. The second-order valence-corrected chi connectivity index (χ2v) is 5.60. The minimum Gasteiger partial charge on any atom is -0.496 e. The van der Waals surface area contributed by atoms with Crippen LogP contribution in [0.4, 0.5) is 0 Å². The lowest BCUT2D eigenvalue weighted by Crippen LogP contribution is -2.36. The van der Waals surface area contributed by atoms with Crippen molar-refractivity contribution in [2.75, 3.05) is 27.4 Å². The summed E-state index contributed by atoms with van der Waals surface area (Å²) in [5.41, 5.74) is 7.68. The molecule has 0 saturated carbocycles. The van der Waals surface area contributed by atoms with Crippen molar-refractivity contribution in [3.05, 3.63) is 29.3 Å². The molecular weight excluding hydrogens is 272 g/mol. The van der Waals surface area contributed by atoms with Crippen molar-refractivity contribution in [2.24, 2.45) is 5.73 Å². The number of hydrogen-bond donors (Lipinski definition) is 1. The van der Waals surface area contributed by atoms with Crippen molar-refractivity contribution in [3.8, 4) is 5.75 Å². The zero-order valence-corrected chi connectivity index (χ0v) is 12.9. The van der Waals surface area contributed by atoms with Gasteiger partial charge in [-0.15, -0.1) is 0 Å². The van der Waals surface area contributed by atoms with Gasteiger partial charge in [-0.1, -0.05) is 18.3 Å². The van der Waals surface area contributed by atoms with Crippen molar-refractivity contribution < 1.29 is 9.47 Å². The summed E-state index contributed by atoms with van der Waals surface area (Å²) < 4.78 is 10.8. The topological polar surface area (TPSA) is 47.7 Å². The Morgan fingerprint density at radius 3 is 2.75 bits per heavy atom. The molecule has 0 amide bonds. The van der Waals surface area contributed by atoms with Crippen molar-refractivity contribution in [3.63, 3.8) is 0 Å². The van der Waals surface area contributed by atoms with Gasteiger partial charge in [0, 0.05) is 25.8 Å². The highest BCUT2D eigenvalue weighted by Crippen LogP contribution is 2.22. The van der Waals surface area contributed by atoms with Crippen LogP contribution in [-0.2, 0) is 11.3 Å². The lowest BCUT2D eigenvalue weighted by molar-refractivity contribution is 0.0407. The maximum atomic E-state index is 5.69. The molecule has 1 aromatic rings. The van der Waals surface area contributed by atoms with Gasteiger partial charge in [0.15, 0.2) is 0 Å². The molecule has 1 heterocycles. The summed E-state index contributed by atoms with van der Waals surface area (Å²) in [5, 5.41) is 0. The average molecular weight is 294 g/mol. The van der Waals surface area contributed by atoms with Gasteiger partial charge in [-0.2, -0.15) is 0 Å². The molecule has 0 aromatic heterocycles. The van der Waals surface area contributed by atoms with E-state index in [9.17, 15) is 0 Å². The molecule has 5 heteroatoms. The summed E-state index contributed by atoms with van der Waals surface area (Å²) in [6, 6.07) is 6.61. The standard InChI is InChI=1S/C15H22N2O2S/c1-17(12-5-7-19-8-6-12)10-11-3-4-13(15(16)20)14(9-11)18-2/h3-4,9,12H,5-8,10H2,1-2H3,(H2,16,20). The molecule has 1 aliphatic heterocycles. The largest absolute Gasteiger partial charge is 0.496 e. The van der Waals surface area contributed by atoms with E-state index in [1.165, 1.54) is 5.56 Å². The van der Waals surface area contributed by atoms with E-state index in [1.807, 2.05) is 12.1 Å². The minimum absolute atomic E-state index is 0.367. The number of rotatable bonds is 5. The molecule has 1 saturated heterocycles. The Bertz CT molecular complexity index is 473. The molecule has 20 heavy (non-hydrogen) atoms. The number of thiocarbonyl (C=S) groups is 1. The molecule has 2 N–H and O–H groups in total. The van der Waals surface area contributed by atoms with Crippen LogP contribution in [0.2, 0.25) is 0 Å². The fourth-order valence-corrected chi connectivity index (χ4v) is 2.75. The Hall–Kier alpha value is -1.17. The van der Waals surface area contributed by atoms with E-state index in [4.69, 9.17) is 27.4 Å². The first kappa shape index (κ1) is 15.2. The Balaban J connectivity index is 2.07. The maximum Gasteiger partial charge on any atom is 0.129 e. The first-order chi connectivity index (χ1) is 9.61. The lowest BCUT2D eigenvalue weighted by Gasteiger charge is -2.31. The van der Waals surface area contributed by atoms with Gasteiger partial charge >= 0.3 is 0 Å². The van der Waals surface area contributed by atoms with E-state index in [2.05, 4.69) is 18.0 Å². The molecule has 1 aromatic carbocycles. The van der Waals surface area contributed by atoms with Crippen LogP contribution < -0.4 is 10.5 Å². The van der Waals surface area contributed by atoms with Crippen LogP contribution in [0.5, 0.6) is 5.75 Å². The van der Waals surface area contributed by atoms with Crippen molar-refractivity contribution in [1.29, 1.82) is 0 Å². The van der Waals surface area contributed by atoms with E-state index < -0.39 is 0 Å². The first-order valence-electron chi connectivity index (χ1n) is 6.86. The molecular formula is C15H22N2O2S. The molecule has 0 unspecified atom stereocenters. The molecule has 0 aliphatic carbocycles. The Morgan fingerprint density at radius 1 is 1.45 bits per heavy atom. The maximum absolute atomic E-state index is 5.69. The number of ether oxygens (including phenoxy) is 2. The zero-order valence-electron chi connectivity index (χ0n) is 12.1. The number of hydrogen-bond acceptors (Lipinski definition) is 4. The summed E-state index contributed by atoms with van der Waals surface area (Å²) in [6.07, 6.45) is 2.19. The van der Waals surface area contributed by atoms with Crippen LogP contribution in [-0.4, -0.2) is 43.3 Å². The predicted molar refractivity (Wildman–Crippen MR) is 84.2 cm³/mol. The summed E-state index contributed by atoms with van der Waals surface area (Å²) in [5.74, 6) is 0.746. The number of methoxy groups -OCH3 is 1. The molecule has 2 rings (SSSR count). The monoisotopic (exact) mass is 294 g/mol. The van der Waals surface area contributed by atoms with Gasteiger partial charge in [-0.3, -0.25) is 4.90 Å². The average Bonchev–Trinajstić information content (AvgIpc) is 2.47. The molecule has 110 valence electrons.